The zero-order valence-electron chi connectivity index (χ0n) is 14.2. The van der Waals surface area contributed by atoms with Gasteiger partial charge in [-0.15, -0.1) is 0 Å². The number of thioether (sulfide) groups is 1. The van der Waals surface area contributed by atoms with Crippen LogP contribution in [0.2, 0.25) is 0 Å². The number of nitro groups is 1. The molecule has 1 saturated heterocycles. The van der Waals surface area contributed by atoms with E-state index in [0.717, 1.165) is 6.42 Å². The maximum absolute atomic E-state index is 12.6. The minimum absolute atomic E-state index is 0.0310. The molecule has 8 heteroatoms. The van der Waals surface area contributed by atoms with E-state index in [2.05, 4.69) is 0 Å². The number of hydrogen-bond donors (Lipinski definition) is 0. The second-order valence-corrected chi connectivity index (χ2v) is 7.46. The Hall–Kier alpha value is -2.45. The summed E-state index contributed by atoms with van der Waals surface area (Å²) in [5.74, 6) is 0.682. The molecular formula is C18H16N2O4S2. The first-order chi connectivity index (χ1) is 12.4. The molecule has 0 saturated carbocycles. The molecule has 1 aliphatic heterocycles. The van der Waals surface area contributed by atoms with Crippen molar-refractivity contribution in [3.8, 4) is 11.3 Å². The molecule has 1 atom stereocenters. The van der Waals surface area contributed by atoms with Crippen LogP contribution in [0.4, 0.5) is 5.69 Å². The van der Waals surface area contributed by atoms with Crippen LogP contribution in [0.25, 0.3) is 17.4 Å². The van der Waals surface area contributed by atoms with Gasteiger partial charge in [0.15, 0.2) is 0 Å². The second kappa shape index (κ2) is 7.43. The fourth-order valence-electron chi connectivity index (χ4n) is 2.59. The fourth-order valence-corrected chi connectivity index (χ4v) is 4.03. The highest BCUT2D eigenvalue weighted by Gasteiger charge is 2.34. The first-order valence-corrected chi connectivity index (χ1v) is 9.25. The lowest BCUT2D eigenvalue weighted by Gasteiger charge is -2.21. The monoisotopic (exact) mass is 388 g/mol. The lowest BCUT2D eigenvalue weighted by molar-refractivity contribution is -0.384. The molecule has 0 bridgehead atoms. The Morgan fingerprint density at radius 1 is 1.35 bits per heavy atom. The van der Waals surface area contributed by atoms with Gasteiger partial charge in [0.25, 0.3) is 11.6 Å². The molecule has 1 aromatic heterocycles. The number of carbonyl (C=O) groups excluding carboxylic acids is 1. The summed E-state index contributed by atoms with van der Waals surface area (Å²) in [4.78, 5) is 25.4. The normalized spacial score (nSPS) is 17.2. The van der Waals surface area contributed by atoms with Crippen LogP contribution in [0.5, 0.6) is 0 Å². The molecule has 2 aromatic rings. The Morgan fingerprint density at radius 3 is 2.77 bits per heavy atom. The zero-order chi connectivity index (χ0) is 18.8. The average molecular weight is 388 g/mol. The van der Waals surface area contributed by atoms with E-state index in [4.69, 9.17) is 16.6 Å². The third kappa shape index (κ3) is 3.42. The van der Waals surface area contributed by atoms with E-state index in [1.54, 1.807) is 41.3 Å². The van der Waals surface area contributed by atoms with Gasteiger partial charge in [-0.25, -0.2) is 0 Å². The molecule has 2 heterocycles. The van der Waals surface area contributed by atoms with Crippen LogP contribution in [0.15, 0.2) is 45.7 Å². The van der Waals surface area contributed by atoms with Crippen molar-refractivity contribution in [3.05, 3.63) is 57.2 Å². The highest BCUT2D eigenvalue weighted by Crippen LogP contribution is 2.36. The van der Waals surface area contributed by atoms with Gasteiger partial charge in [0.1, 0.15) is 15.8 Å². The molecule has 26 heavy (non-hydrogen) atoms. The molecule has 0 N–H and O–H groups in total. The summed E-state index contributed by atoms with van der Waals surface area (Å²) in [5, 5.41) is 11.2. The van der Waals surface area contributed by atoms with Crippen LogP contribution in [-0.2, 0) is 4.79 Å². The molecule has 134 valence electrons. The minimum Gasteiger partial charge on any atom is -0.456 e. The van der Waals surface area contributed by atoms with Crippen molar-refractivity contribution in [1.82, 2.24) is 4.90 Å². The van der Waals surface area contributed by atoms with Gasteiger partial charge < -0.3 is 4.42 Å². The maximum Gasteiger partial charge on any atom is 0.280 e. The lowest BCUT2D eigenvalue weighted by atomic mass is 10.1. The Balaban J connectivity index is 1.90. The first kappa shape index (κ1) is 18.3. The summed E-state index contributed by atoms with van der Waals surface area (Å²) in [7, 11) is 0. The number of amides is 1. The summed E-state index contributed by atoms with van der Waals surface area (Å²) in [6.45, 7) is 3.95. The molecule has 1 aliphatic rings. The Morgan fingerprint density at radius 2 is 2.08 bits per heavy atom. The Labute approximate surface area is 160 Å². The summed E-state index contributed by atoms with van der Waals surface area (Å²) < 4.78 is 6.25. The lowest BCUT2D eigenvalue weighted by Crippen LogP contribution is -2.36. The Bertz CT molecular complexity index is 919. The quantitative estimate of drug-likeness (QED) is 0.315. The van der Waals surface area contributed by atoms with Gasteiger partial charge in [0, 0.05) is 18.2 Å². The number of furan rings is 1. The van der Waals surface area contributed by atoms with Crippen molar-refractivity contribution in [2.75, 3.05) is 0 Å². The molecule has 1 aromatic carbocycles. The highest BCUT2D eigenvalue weighted by molar-refractivity contribution is 8.26. The van der Waals surface area contributed by atoms with Gasteiger partial charge in [-0.3, -0.25) is 19.8 Å². The van der Waals surface area contributed by atoms with E-state index in [-0.39, 0.29) is 17.6 Å². The van der Waals surface area contributed by atoms with Crippen molar-refractivity contribution in [1.29, 1.82) is 0 Å². The molecule has 3 rings (SSSR count). The first-order valence-electron chi connectivity index (χ1n) is 8.03. The molecule has 0 radical (unpaired) electrons. The standard InChI is InChI=1S/C18H16N2O4S2/c1-3-11(2)19-17(21)16(26-18(19)25)10-12-8-9-15(24-12)13-6-4-5-7-14(13)20(22)23/h4-11H,3H2,1-2H3/b16-10+. The van der Waals surface area contributed by atoms with E-state index in [1.807, 2.05) is 13.8 Å². The van der Waals surface area contributed by atoms with Crippen molar-refractivity contribution >= 4 is 46.0 Å². The van der Waals surface area contributed by atoms with Crippen molar-refractivity contribution < 1.29 is 14.1 Å². The molecule has 0 spiro atoms. The van der Waals surface area contributed by atoms with E-state index < -0.39 is 4.92 Å². The molecule has 1 amide bonds. The summed E-state index contributed by atoms with van der Waals surface area (Å²) >= 11 is 6.54. The van der Waals surface area contributed by atoms with Crippen LogP contribution >= 0.6 is 24.0 Å². The number of hydrogen-bond acceptors (Lipinski definition) is 6. The van der Waals surface area contributed by atoms with Crippen LogP contribution in [0.1, 0.15) is 26.0 Å². The van der Waals surface area contributed by atoms with Gasteiger partial charge in [-0.2, -0.15) is 0 Å². The summed E-state index contributed by atoms with van der Waals surface area (Å²) in [6.07, 6.45) is 2.43. The number of nitrogens with zero attached hydrogens (tertiary/aromatic N) is 2. The van der Waals surface area contributed by atoms with Crippen LogP contribution in [-0.4, -0.2) is 26.1 Å². The SMILES string of the molecule is CCC(C)N1C(=O)/C(=C\c2ccc(-c3ccccc3[N+](=O)[O-])o2)SC1=S. The van der Waals surface area contributed by atoms with Gasteiger partial charge in [0.2, 0.25) is 0 Å². The third-order valence-corrected chi connectivity index (χ3v) is 5.45. The molecule has 0 aliphatic carbocycles. The van der Waals surface area contributed by atoms with E-state index in [9.17, 15) is 14.9 Å². The topological polar surface area (TPSA) is 76.6 Å². The number of para-hydroxylation sites is 1. The fraction of sp³-hybridized carbons (Fsp3) is 0.222. The van der Waals surface area contributed by atoms with Crippen LogP contribution in [0.3, 0.4) is 0 Å². The van der Waals surface area contributed by atoms with Gasteiger partial charge in [0.05, 0.1) is 15.4 Å². The second-order valence-electron chi connectivity index (χ2n) is 5.79. The number of rotatable bonds is 5. The highest BCUT2D eigenvalue weighted by atomic mass is 32.2. The number of nitro benzene ring substituents is 1. The molecule has 1 fully saturated rings. The predicted molar refractivity (Wildman–Crippen MR) is 106 cm³/mol. The van der Waals surface area contributed by atoms with E-state index >= 15 is 0 Å². The summed E-state index contributed by atoms with van der Waals surface area (Å²) in [5.41, 5.74) is 0.362. The van der Waals surface area contributed by atoms with Crippen LogP contribution < -0.4 is 0 Å². The van der Waals surface area contributed by atoms with Gasteiger partial charge >= 0.3 is 0 Å². The minimum atomic E-state index is -0.450. The number of benzene rings is 1. The number of carbonyl (C=O) groups is 1. The Kier molecular flexibility index (Phi) is 5.24. The maximum atomic E-state index is 12.6. The van der Waals surface area contributed by atoms with Crippen molar-refractivity contribution in [2.45, 2.75) is 26.3 Å². The van der Waals surface area contributed by atoms with E-state index in [1.165, 1.54) is 17.8 Å². The third-order valence-electron chi connectivity index (χ3n) is 4.12. The van der Waals surface area contributed by atoms with Gasteiger partial charge in [-0.1, -0.05) is 43.0 Å². The zero-order valence-corrected chi connectivity index (χ0v) is 15.8. The molecule has 1 unspecified atom stereocenters. The van der Waals surface area contributed by atoms with E-state index in [0.29, 0.717) is 26.3 Å². The summed E-state index contributed by atoms with van der Waals surface area (Å²) in [6, 6.07) is 9.74. The molecule has 6 nitrogen and oxygen atoms in total. The predicted octanol–water partition coefficient (Wildman–Crippen LogP) is 4.85. The van der Waals surface area contributed by atoms with Crippen LogP contribution in [0, 0.1) is 10.1 Å². The number of thiocarbonyl (C=S) groups is 1. The largest absolute Gasteiger partial charge is 0.456 e. The van der Waals surface area contributed by atoms with Crippen molar-refractivity contribution in [2.24, 2.45) is 0 Å². The molecular weight excluding hydrogens is 372 g/mol. The van der Waals surface area contributed by atoms with Crippen molar-refractivity contribution in [3.63, 3.8) is 0 Å². The average Bonchev–Trinajstić information content (AvgIpc) is 3.19. The smallest absolute Gasteiger partial charge is 0.280 e. The van der Waals surface area contributed by atoms with Gasteiger partial charge in [-0.05, 0) is 31.5 Å².